The van der Waals surface area contributed by atoms with Crippen molar-refractivity contribution in [3.63, 3.8) is 0 Å². The quantitative estimate of drug-likeness (QED) is 0.782. The van der Waals surface area contributed by atoms with Crippen LogP contribution < -0.4 is 0 Å². The SMILES string of the molecule is CC.O=C(CCC(=O)c1cccnn1)c1ccccn1. The summed E-state index contributed by atoms with van der Waals surface area (Å²) in [6.45, 7) is 4.00. The summed E-state index contributed by atoms with van der Waals surface area (Å²) in [5, 5.41) is 7.33. The average molecular weight is 271 g/mol. The standard InChI is InChI=1S/C13H11N3O2.C2H6/c17-12(10-4-1-2-8-14-10)6-7-13(18)11-5-3-9-15-16-11;1-2/h1-5,8-9H,6-7H2;1-2H3. The van der Waals surface area contributed by atoms with E-state index in [0.29, 0.717) is 5.69 Å². The van der Waals surface area contributed by atoms with Crippen LogP contribution in [0.3, 0.4) is 0 Å². The molecule has 5 heteroatoms. The van der Waals surface area contributed by atoms with Crippen molar-refractivity contribution in [2.75, 3.05) is 0 Å². The van der Waals surface area contributed by atoms with Gasteiger partial charge in [0, 0.05) is 25.2 Å². The lowest BCUT2D eigenvalue weighted by Crippen LogP contribution is -2.08. The summed E-state index contributed by atoms with van der Waals surface area (Å²) in [6.07, 6.45) is 3.30. The van der Waals surface area contributed by atoms with E-state index < -0.39 is 0 Å². The first kappa shape index (κ1) is 15.6. The van der Waals surface area contributed by atoms with Crippen LogP contribution in [0.15, 0.2) is 42.7 Å². The third-order valence-electron chi connectivity index (χ3n) is 2.39. The van der Waals surface area contributed by atoms with Crippen molar-refractivity contribution in [2.24, 2.45) is 0 Å². The molecular weight excluding hydrogens is 254 g/mol. The number of carbonyl (C=O) groups is 2. The van der Waals surface area contributed by atoms with Gasteiger partial charge in [0.05, 0.1) is 0 Å². The zero-order chi connectivity index (χ0) is 14.8. The second-order valence-corrected chi connectivity index (χ2v) is 3.67. The summed E-state index contributed by atoms with van der Waals surface area (Å²) in [5.74, 6) is -0.333. The molecule has 0 saturated heterocycles. The normalized spacial score (nSPS) is 9.30. The molecule has 0 amide bonds. The van der Waals surface area contributed by atoms with E-state index in [4.69, 9.17) is 0 Å². The van der Waals surface area contributed by atoms with Gasteiger partial charge < -0.3 is 0 Å². The van der Waals surface area contributed by atoms with Crippen molar-refractivity contribution >= 4 is 11.6 Å². The fourth-order valence-electron chi connectivity index (χ4n) is 1.46. The number of Topliss-reactive ketones (excluding diaryl/α,β-unsaturated/α-hetero) is 2. The van der Waals surface area contributed by atoms with Gasteiger partial charge in [0.25, 0.3) is 0 Å². The number of rotatable bonds is 5. The fourth-order valence-corrected chi connectivity index (χ4v) is 1.46. The van der Waals surface area contributed by atoms with E-state index in [1.54, 1.807) is 36.5 Å². The van der Waals surface area contributed by atoms with Gasteiger partial charge in [-0.15, -0.1) is 5.10 Å². The molecule has 0 radical (unpaired) electrons. The monoisotopic (exact) mass is 271 g/mol. The van der Waals surface area contributed by atoms with E-state index in [2.05, 4.69) is 15.2 Å². The van der Waals surface area contributed by atoms with Crippen molar-refractivity contribution in [1.82, 2.24) is 15.2 Å². The first-order valence-corrected chi connectivity index (χ1v) is 6.52. The van der Waals surface area contributed by atoms with Crippen LogP contribution in [0.1, 0.15) is 47.7 Å². The van der Waals surface area contributed by atoms with E-state index in [1.807, 2.05) is 13.8 Å². The molecule has 0 aliphatic carbocycles. The van der Waals surface area contributed by atoms with Crippen LogP contribution in [0.5, 0.6) is 0 Å². The molecule has 0 aliphatic heterocycles. The average Bonchev–Trinajstić information content (AvgIpc) is 2.55. The third-order valence-corrected chi connectivity index (χ3v) is 2.39. The maximum absolute atomic E-state index is 11.7. The van der Waals surface area contributed by atoms with Crippen molar-refractivity contribution in [3.8, 4) is 0 Å². The fraction of sp³-hybridized carbons (Fsp3) is 0.267. The van der Waals surface area contributed by atoms with Crippen LogP contribution in [0.25, 0.3) is 0 Å². The lowest BCUT2D eigenvalue weighted by molar-refractivity contribution is 0.0912. The van der Waals surface area contributed by atoms with Gasteiger partial charge in [-0.25, -0.2) is 0 Å². The molecule has 0 aromatic carbocycles. The summed E-state index contributed by atoms with van der Waals surface area (Å²) in [6, 6.07) is 8.34. The minimum Gasteiger partial charge on any atom is -0.292 e. The van der Waals surface area contributed by atoms with Gasteiger partial charge in [-0.05, 0) is 24.3 Å². The van der Waals surface area contributed by atoms with Crippen molar-refractivity contribution < 1.29 is 9.59 Å². The first-order valence-electron chi connectivity index (χ1n) is 6.52. The smallest absolute Gasteiger partial charge is 0.183 e. The molecule has 2 heterocycles. The Bertz CT molecular complexity index is 490. The van der Waals surface area contributed by atoms with Crippen LogP contribution in [0, 0.1) is 0 Å². The van der Waals surface area contributed by atoms with Gasteiger partial charge in [0.2, 0.25) is 0 Å². The second kappa shape index (κ2) is 8.63. The highest BCUT2D eigenvalue weighted by molar-refractivity contribution is 6.00. The molecule has 2 aromatic heterocycles. The van der Waals surface area contributed by atoms with Gasteiger partial charge in [0.15, 0.2) is 11.6 Å². The van der Waals surface area contributed by atoms with Crippen molar-refractivity contribution in [3.05, 3.63) is 54.1 Å². The minimum absolute atomic E-state index is 0.119. The Kier molecular flexibility index (Phi) is 6.75. The zero-order valence-corrected chi connectivity index (χ0v) is 11.6. The molecule has 2 aromatic rings. The largest absolute Gasteiger partial charge is 0.292 e. The molecule has 0 bridgehead atoms. The molecule has 0 unspecified atom stereocenters. The van der Waals surface area contributed by atoms with Gasteiger partial charge in [-0.3, -0.25) is 14.6 Å². The van der Waals surface area contributed by atoms with Crippen LogP contribution in [0.4, 0.5) is 0 Å². The number of hydrogen-bond donors (Lipinski definition) is 0. The maximum Gasteiger partial charge on any atom is 0.183 e. The van der Waals surface area contributed by atoms with E-state index in [1.165, 1.54) is 6.20 Å². The minimum atomic E-state index is -0.188. The number of aromatic nitrogens is 3. The molecule has 0 spiro atoms. The van der Waals surface area contributed by atoms with Crippen molar-refractivity contribution in [1.29, 1.82) is 0 Å². The third kappa shape index (κ3) is 4.68. The number of carbonyl (C=O) groups excluding carboxylic acids is 2. The highest BCUT2D eigenvalue weighted by atomic mass is 16.1. The van der Waals surface area contributed by atoms with Crippen LogP contribution >= 0.6 is 0 Å². The van der Waals surface area contributed by atoms with Gasteiger partial charge >= 0.3 is 0 Å². The molecule has 0 atom stereocenters. The Morgan fingerprint density at radius 1 is 0.900 bits per heavy atom. The lowest BCUT2D eigenvalue weighted by Gasteiger charge is -1.99. The molecule has 0 N–H and O–H groups in total. The zero-order valence-electron chi connectivity index (χ0n) is 11.6. The van der Waals surface area contributed by atoms with Crippen LogP contribution in [-0.2, 0) is 0 Å². The van der Waals surface area contributed by atoms with E-state index in [0.717, 1.165) is 0 Å². The molecule has 5 nitrogen and oxygen atoms in total. The molecule has 0 fully saturated rings. The second-order valence-electron chi connectivity index (χ2n) is 3.67. The summed E-state index contributed by atoms with van der Waals surface area (Å²) < 4.78 is 0. The summed E-state index contributed by atoms with van der Waals surface area (Å²) in [4.78, 5) is 27.4. The topological polar surface area (TPSA) is 72.8 Å². The highest BCUT2D eigenvalue weighted by Crippen LogP contribution is 2.05. The summed E-state index contributed by atoms with van der Waals surface area (Å²) in [7, 11) is 0. The van der Waals surface area contributed by atoms with Gasteiger partial charge in [-0.1, -0.05) is 19.9 Å². The Morgan fingerprint density at radius 2 is 1.55 bits per heavy atom. The van der Waals surface area contributed by atoms with E-state index in [-0.39, 0.29) is 30.1 Å². The maximum atomic E-state index is 11.7. The van der Waals surface area contributed by atoms with E-state index in [9.17, 15) is 9.59 Å². The molecule has 20 heavy (non-hydrogen) atoms. The predicted molar refractivity (Wildman–Crippen MR) is 75.5 cm³/mol. The Morgan fingerprint density at radius 3 is 2.10 bits per heavy atom. The number of pyridine rings is 1. The summed E-state index contributed by atoms with van der Waals surface area (Å²) >= 11 is 0. The Labute approximate surface area is 118 Å². The number of nitrogens with zero attached hydrogens (tertiary/aromatic N) is 3. The number of ketones is 2. The molecular formula is C15H17N3O2. The Balaban J connectivity index is 0.000000956. The van der Waals surface area contributed by atoms with Crippen molar-refractivity contribution in [2.45, 2.75) is 26.7 Å². The predicted octanol–water partition coefficient (Wildman–Crippen LogP) is 2.74. The van der Waals surface area contributed by atoms with Crippen LogP contribution in [-0.4, -0.2) is 26.7 Å². The molecule has 0 aliphatic rings. The van der Waals surface area contributed by atoms with Gasteiger partial charge in [0.1, 0.15) is 11.4 Å². The molecule has 104 valence electrons. The lowest BCUT2D eigenvalue weighted by atomic mass is 10.1. The molecule has 2 rings (SSSR count). The van der Waals surface area contributed by atoms with E-state index >= 15 is 0 Å². The molecule has 0 saturated carbocycles. The summed E-state index contributed by atoms with van der Waals surface area (Å²) in [5.41, 5.74) is 0.663. The van der Waals surface area contributed by atoms with Crippen LogP contribution in [0.2, 0.25) is 0 Å². The number of hydrogen-bond acceptors (Lipinski definition) is 5. The Hall–Kier alpha value is -2.43. The highest BCUT2D eigenvalue weighted by Gasteiger charge is 2.12. The first-order chi connectivity index (χ1) is 9.77. The van der Waals surface area contributed by atoms with Gasteiger partial charge in [-0.2, -0.15) is 5.10 Å².